The van der Waals surface area contributed by atoms with Gasteiger partial charge in [-0.3, -0.25) is 9.48 Å². The number of amides is 1. The van der Waals surface area contributed by atoms with Crippen molar-refractivity contribution >= 4 is 22.5 Å². The first kappa shape index (κ1) is 11.5. The van der Waals surface area contributed by atoms with Gasteiger partial charge in [-0.05, 0) is 6.07 Å². The van der Waals surface area contributed by atoms with E-state index in [0.717, 1.165) is 10.9 Å². The average molecular weight is 256 g/mol. The number of aromatic nitrogens is 3. The van der Waals surface area contributed by atoms with Crippen molar-refractivity contribution in [1.82, 2.24) is 14.8 Å². The molecule has 0 fully saturated rings. The van der Waals surface area contributed by atoms with Crippen LogP contribution in [0, 0.1) is 0 Å². The Bertz CT molecular complexity index is 715. The monoisotopic (exact) mass is 256 g/mol. The number of nitrogens with one attached hydrogen (secondary N) is 1. The van der Waals surface area contributed by atoms with E-state index in [1.807, 2.05) is 31.4 Å². The van der Waals surface area contributed by atoms with Crippen LogP contribution in [0.5, 0.6) is 0 Å². The lowest BCUT2D eigenvalue weighted by molar-refractivity contribution is -0.115. The van der Waals surface area contributed by atoms with E-state index in [9.17, 15) is 4.79 Å². The Balaban J connectivity index is 1.83. The maximum atomic E-state index is 11.9. The van der Waals surface area contributed by atoms with Gasteiger partial charge >= 0.3 is 0 Å². The molecule has 0 saturated carbocycles. The number of benzene rings is 1. The molecule has 0 spiro atoms. The fraction of sp³-hybridized carbons (Fsp3) is 0.154. The van der Waals surface area contributed by atoms with Gasteiger partial charge < -0.3 is 9.73 Å². The molecule has 2 heterocycles. The van der Waals surface area contributed by atoms with Gasteiger partial charge in [-0.15, -0.1) is 0 Å². The van der Waals surface area contributed by atoms with E-state index in [2.05, 4.69) is 15.4 Å². The number of nitrogens with zero attached hydrogens (tertiary/aromatic N) is 3. The number of oxazole rings is 1. The Morgan fingerprint density at radius 2 is 2.37 bits per heavy atom. The fourth-order valence-corrected chi connectivity index (χ4v) is 1.95. The Hall–Kier alpha value is -2.63. The first-order valence-electron chi connectivity index (χ1n) is 5.81. The molecule has 0 atom stereocenters. The van der Waals surface area contributed by atoms with Crippen LogP contribution in [0.25, 0.3) is 10.9 Å². The summed E-state index contributed by atoms with van der Waals surface area (Å²) in [5.41, 5.74) is 2.08. The van der Waals surface area contributed by atoms with Crippen LogP contribution in [0.15, 0.2) is 41.5 Å². The summed E-state index contributed by atoms with van der Waals surface area (Å²) in [4.78, 5) is 15.8. The normalized spacial score (nSPS) is 10.8. The van der Waals surface area contributed by atoms with E-state index in [-0.39, 0.29) is 12.3 Å². The Kier molecular flexibility index (Phi) is 2.75. The number of anilines is 1. The van der Waals surface area contributed by atoms with Crippen molar-refractivity contribution in [2.24, 2.45) is 7.05 Å². The highest BCUT2D eigenvalue weighted by molar-refractivity contribution is 6.00. The maximum absolute atomic E-state index is 11.9. The minimum absolute atomic E-state index is 0.146. The number of hydrogen-bond acceptors (Lipinski definition) is 4. The molecule has 0 bridgehead atoms. The van der Waals surface area contributed by atoms with Crippen LogP contribution in [0.1, 0.15) is 5.69 Å². The molecule has 0 unspecified atom stereocenters. The van der Waals surface area contributed by atoms with Gasteiger partial charge in [-0.1, -0.05) is 12.1 Å². The molecule has 1 N–H and O–H groups in total. The second-order valence-corrected chi connectivity index (χ2v) is 4.25. The molecule has 2 aromatic heterocycles. The van der Waals surface area contributed by atoms with Crippen LogP contribution in [-0.2, 0) is 18.3 Å². The predicted molar refractivity (Wildman–Crippen MR) is 69.6 cm³/mol. The first-order valence-corrected chi connectivity index (χ1v) is 5.81. The Morgan fingerprint density at radius 1 is 1.47 bits per heavy atom. The molecule has 1 amide bonds. The molecule has 3 rings (SSSR count). The van der Waals surface area contributed by atoms with Crippen molar-refractivity contribution in [3.8, 4) is 0 Å². The van der Waals surface area contributed by atoms with Crippen LogP contribution in [0.2, 0.25) is 0 Å². The summed E-state index contributed by atoms with van der Waals surface area (Å²) in [5.74, 6) is -0.146. The highest BCUT2D eigenvalue weighted by Gasteiger charge is 2.10. The number of hydrogen-bond donors (Lipinski definition) is 1. The molecule has 0 saturated heterocycles. The smallest absolute Gasteiger partial charge is 0.230 e. The summed E-state index contributed by atoms with van der Waals surface area (Å²) in [6.45, 7) is 0. The minimum atomic E-state index is -0.146. The molecule has 3 aromatic rings. The standard InChI is InChI=1S/C13H12N4O2/c1-17-6-9-3-2-4-11(13(9)16-17)15-12(18)5-10-7-19-8-14-10/h2-4,6-8H,5H2,1H3,(H,15,18). The van der Waals surface area contributed by atoms with Crippen LogP contribution < -0.4 is 5.32 Å². The highest BCUT2D eigenvalue weighted by Crippen LogP contribution is 2.21. The molecule has 19 heavy (non-hydrogen) atoms. The van der Waals surface area contributed by atoms with Crippen LogP contribution in [0.4, 0.5) is 5.69 Å². The average Bonchev–Trinajstić information content (AvgIpc) is 2.97. The summed E-state index contributed by atoms with van der Waals surface area (Å²) in [6, 6.07) is 5.67. The van der Waals surface area contributed by atoms with Gasteiger partial charge in [-0.25, -0.2) is 4.98 Å². The Labute approximate surface area is 109 Å². The Morgan fingerprint density at radius 3 is 3.16 bits per heavy atom. The van der Waals surface area contributed by atoms with Crippen molar-refractivity contribution in [3.05, 3.63) is 42.7 Å². The zero-order chi connectivity index (χ0) is 13.2. The molecule has 0 radical (unpaired) electrons. The molecule has 0 aliphatic carbocycles. The van der Waals surface area contributed by atoms with E-state index < -0.39 is 0 Å². The minimum Gasteiger partial charge on any atom is -0.451 e. The van der Waals surface area contributed by atoms with Gasteiger partial charge in [0.05, 0.1) is 17.8 Å². The third-order valence-corrected chi connectivity index (χ3v) is 2.75. The van der Waals surface area contributed by atoms with Crippen LogP contribution in [0.3, 0.4) is 0 Å². The molecule has 96 valence electrons. The largest absolute Gasteiger partial charge is 0.451 e. The number of carbonyl (C=O) groups is 1. The van der Waals surface area contributed by atoms with Crippen molar-refractivity contribution in [3.63, 3.8) is 0 Å². The SMILES string of the molecule is Cn1cc2cccc(NC(=O)Cc3cocn3)c2n1. The van der Waals surface area contributed by atoms with E-state index in [0.29, 0.717) is 11.4 Å². The molecule has 0 aliphatic heterocycles. The second kappa shape index (κ2) is 4.56. The zero-order valence-electron chi connectivity index (χ0n) is 10.3. The van der Waals surface area contributed by atoms with Crippen molar-refractivity contribution < 1.29 is 9.21 Å². The van der Waals surface area contributed by atoms with Gasteiger partial charge in [0.15, 0.2) is 6.39 Å². The van der Waals surface area contributed by atoms with Crippen LogP contribution >= 0.6 is 0 Å². The quantitative estimate of drug-likeness (QED) is 0.774. The van der Waals surface area contributed by atoms with Gasteiger partial charge in [0.1, 0.15) is 11.8 Å². The maximum Gasteiger partial charge on any atom is 0.230 e. The van der Waals surface area contributed by atoms with E-state index in [1.165, 1.54) is 12.7 Å². The van der Waals surface area contributed by atoms with Crippen molar-refractivity contribution in [2.75, 3.05) is 5.32 Å². The van der Waals surface area contributed by atoms with Gasteiger partial charge in [0.2, 0.25) is 5.91 Å². The second-order valence-electron chi connectivity index (χ2n) is 4.25. The van der Waals surface area contributed by atoms with E-state index in [1.54, 1.807) is 4.68 Å². The fourth-order valence-electron chi connectivity index (χ4n) is 1.95. The summed E-state index contributed by atoms with van der Waals surface area (Å²) in [6.07, 6.45) is 4.85. The topological polar surface area (TPSA) is 73.0 Å². The molecule has 1 aromatic carbocycles. The van der Waals surface area contributed by atoms with E-state index >= 15 is 0 Å². The van der Waals surface area contributed by atoms with Crippen LogP contribution in [-0.4, -0.2) is 20.7 Å². The first-order chi connectivity index (χ1) is 9.22. The molecule has 6 heteroatoms. The number of fused-ring (bicyclic) bond motifs is 1. The molecular formula is C13H12N4O2. The number of aryl methyl sites for hydroxylation is 1. The van der Waals surface area contributed by atoms with Gasteiger partial charge in [0, 0.05) is 18.6 Å². The molecular weight excluding hydrogens is 244 g/mol. The summed E-state index contributed by atoms with van der Waals surface area (Å²) in [5, 5.41) is 8.16. The zero-order valence-corrected chi connectivity index (χ0v) is 10.3. The summed E-state index contributed by atoms with van der Waals surface area (Å²) >= 11 is 0. The van der Waals surface area contributed by atoms with Gasteiger partial charge in [-0.2, -0.15) is 5.10 Å². The van der Waals surface area contributed by atoms with E-state index in [4.69, 9.17) is 4.42 Å². The van der Waals surface area contributed by atoms with Gasteiger partial charge in [0.25, 0.3) is 0 Å². The lowest BCUT2D eigenvalue weighted by Gasteiger charge is -2.04. The molecule has 0 aliphatic rings. The lowest BCUT2D eigenvalue weighted by Crippen LogP contribution is -2.14. The summed E-state index contributed by atoms with van der Waals surface area (Å²) < 4.78 is 6.55. The lowest BCUT2D eigenvalue weighted by atomic mass is 10.2. The summed E-state index contributed by atoms with van der Waals surface area (Å²) in [7, 11) is 1.85. The van der Waals surface area contributed by atoms with Crippen molar-refractivity contribution in [2.45, 2.75) is 6.42 Å². The number of carbonyl (C=O) groups excluding carboxylic acids is 1. The predicted octanol–water partition coefficient (Wildman–Crippen LogP) is 1.74. The highest BCUT2D eigenvalue weighted by atomic mass is 16.3. The third-order valence-electron chi connectivity index (χ3n) is 2.75. The third kappa shape index (κ3) is 2.33. The number of rotatable bonds is 3. The van der Waals surface area contributed by atoms with Crippen molar-refractivity contribution in [1.29, 1.82) is 0 Å². The molecule has 6 nitrogen and oxygen atoms in total.